The summed E-state index contributed by atoms with van der Waals surface area (Å²) in [6, 6.07) is 13.6. The van der Waals surface area contributed by atoms with Crippen LogP contribution in [0.2, 0.25) is 0 Å². The first-order chi connectivity index (χ1) is 9.40. The number of nitrogens with one attached hydrogen (secondary N) is 1. The van der Waals surface area contributed by atoms with Gasteiger partial charge in [0.15, 0.2) is 6.29 Å². The van der Waals surface area contributed by atoms with Crippen LogP contribution in [0.3, 0.4) is 0 Å². The molecule has 0 saturated carbocycles. The lowest BCUT2D eigenvalue weighted by molar-refractivity contribution is 0.111. The largest absolute Gasteiger partial charge is 0.352 e. The number of carbonyl (C=O) groups is 1. The second-order valence-electron chi connectivity index (χ2n) is 2.81. The van der Waals surface area contributed by atoms with Gasteiger partial charge in [-0.15, -0.1) is 0 Å². The fourth-order valence-corrected chi connectivity index (χ4v) is 1.27. The van der Waals surface area contributed by atoms with Crippen molar-refractivity contribution in [2.45, 2.75) is 41.5 Å². The van der Waals surface area contributed by atoms with Crippen LogP contribution in [0.4, 0.5) is 0 Å². The molecule has 0 aliphatic heterocycles. The van der Waals surface area contributed by atoms with E-state index in [2.05, 4.69) is 4.98 Å². The standard InChI is InChI=1S/C11H9NO.3C2H6/c13-8-10-6-7-11(12-10)9-4-2-1-3-5-9;3*1-2/h1-8,12H;3*1-2H3. The summed E-state index contributed by atoms with van der Waals surface area (Å²) < 4.78 is 0. The van der Waals surface area contributed by atoms with Crippen molar-refractivity contribution in [3.63, 3.8) is 0 Å². The van der Waals surface area contributed by atoms with Crippen molar-refractivity contribution in [3.05, 3.63) is 48.2 Å². The van der Waals surface area contributed by atoms with Crippen LogP contribution in [-0.4, -0.2) is 11.3 Å². The monoisotopic (exact) mass is 261 g/mol. The van der Waals surface area contributed by atoms with Gasteiger partial charge < -0.3 is 4.98 Å². The molecule has 1 aromatic heterocycles. The molecule has 0 radical (unpaired) electrons. The molecule has 106 valence electrons. The Balaban J connectivity index is 0. The Morgan fingerprint density at radius 3 is 1.74 bits per heavy atom. The van der Waals surface area contributed by atoms with Crippen molar-refractivity contribution in [2.24, 2.45) is 0 Å². The molecule has 0 bridgehead atoms. The predicted octanol–water partition coefficient (Wildman–Crippen LogP) is 5.57. The fraction of sp³-hybridized carbons (Fsp3) is 0.353. The second-order valence-corrected chi connectivity index (χ2v) is 2.81. The maximum atomic E-state index is 10.4. The first-order valence-electron chi connectivity index (χ1n) is 7.10. The maximum Gasteiger partial charge on any atom is 0.166 e. The van der Waals surface area contributed by atoms with Crippen molar-refractivity contribution in [2.75, 3.05) is 0 Å². The zero-order valence-electron chi connectivity index (χ0n) is 13.0. The Morgan fingerprint density at radius 1 is 0.789 bits per heavy atom. The third-order valence-corrected chi connectivity index (χ3v) is 1.92. The molecule has 0 fully saturated rings. The van der Waals surface area contributed by atoms with Crippen LogP contribution in [-0.2, 0) is 0 Å². The zero-order valence-corrected chi connectivity index (χ0v) is 13.0. The first-order valence-corrected chi connectivity index (χ1v) is 7.10. The highest BCUT2D eigenvalue weighted by atomic mass is 16.1. The summed E-state index contributed by atoms with van der Waals surface area (Å²) >= 11 is 0. The molecule has 0 aliphatic rings. The van der Waals surface area contributed by atoms with Gasteiger partial charge in [-0.25, -0.2) is 0 Å². The zero-order chi connectivity index (χ0) is 15.1. The number of hydrogen-bond acceptors (Lipinski definition) is 1. The highest BCUT2D eigenvalue weighted by Crippen LogP contribution is 2.16. The van der Waals surface area contributed by atoms with Gasteiger partial charge in [0.05, 0.1) is 5.69 Å². The van der Waals surface area contributed by atoms with E-state index in [0.717, 1.165) is 17.5 Å². The number of carbonyl (C=O) groups excluding carboxylic acids is 1. The van der Waals surface area contributed by atoms with Gasteiger partial charge in [-0.3, -0.25) is 4.79 Å². The summed E-state index contributed by atoms with van der Waals surface area (Å²) in [5.74, 6) is 0. The van der Waals surface area contributed by atoms with Crippen LogP contribution in [0.15, 0.2) is 42.5 Å². The van der Waals surface area contributed by atoms with Crippen molar-refractivity contribution in [1.29, 1.82) is 0 Å². The topological polar surface area (TPSA) is 32.9 Å². The molecular weight excluding hydrogens is 234 g/mol. The third-order valence-electron chi connectivity index (χ3n) is 1.92. The van der Waals surface area contributed by atoms with Crippen LogP contribution >= 0.6 is 0 Å². The first kappa shape index (κ1) is 19.5. The van der Waals surface area contributed by atoms with E-state index >= 15 is 0 Å². The molecule has 2 heteroatoms. The van der Waals surface area contributed by atoms with E-state index < -0.39 is 0 Å². The van der Waals surface area contributed by atoms with Crippen molar-refractivity contribution >= 4 is 6.29 Å². The van der Waals surface area contributed by atoms with E-state index in [-0.39, 0.29) is 0 Å². The molecule has 2 rings (SSSR count). The Labute approximate surface area is 117 Å². The van der Waals surface area contributed by atoms with E-state index in [1.54, 1.807) is 6.07 Å². The molecule has 1 aromatic carbocycles. The van der Waals surface area contributed by atoms with Gasteiger partial charge in [-0.2, -0.15) is 0 Å². The van der Waals surface area contributed by atoms with Crippen molar-refractivity contribution < 1.29 is 4.79 Å². The summed E-state index contributed by atoms with van der Waals surface area (Å²) in [5.41, 5.74) is 2.68. The van der Waals surface area contributed by atoms with Gasteiger partial charge in [-0.05, 0) is 17.7 Å². The summed E-state index contributed by atoms with van der Waals surface area (Å²) in [6.07, 6.45) is 0.812. The number of aldehydes is 1. The van der Waals surface area contributed by atoms with Gasteiger partial charge in [0, 0.05) is 5.69 Å². The molecule has 2 aromatic rings. The number of aromatic amines is 1. The Kier molecular flexibility index (Phi) is 14.6. The molecule has 0 aliphatic carbocycles. The van der Waals surface area contributed by atoms with Crippen LogP contribution < -0.4 is 0 Å². The van der Waals surface area contributed by atoms with Gasteiger partial charge >= 0.3 is 0 Å². The molecular formula is C17H27NO. The number of rotatable bonds is 2. The Bertz CT molecular complexity index is 404. The summed E-state index contributed by atoms with van der Waals surface area (Å²) in [4.78, 5) is 13.4. The summed E-state index contributed by atoms with van der Waals surface area (Å²) in [6.45, 7) is 12.0. The molecule has 0 saturated heterocycles. The average molecular weight is 261 g/mol. The minimum absolute atomic E-state index is 0.610. The maximum absolute atomic E-state index is 10.4. The van der Waals surface area contributed by atoms with Crippen LogP contribution in [0.25, 0.3) is 11.3 Å². The molecule has 0 unspecified atom stereocenters. The SMILES string of the molecule is CC.CC.CC.O=Cc1ccc(-c2ccccc2)[nH]1. The van der Waals surface area contributed by atoms with Gasteiger partial charge in [-0.1, -0.05) is 71.9 Å². The number of benzene rings is 1. The normalized spacial score (nSPS) is 7.68. The third kappa shape index (κ3) is 7.24. The quantitative estimate of drug-likeness (QED) is 0.704. The average Bonchev–Trinajstić information content (AvgIpc) is 3.03. The van der Waals surface area contributed by atoms with E-state index in [1.807, 2.05) is 77.9 Å². The Hall–Kier alpha value is -1.83. The Morgan fingerprint density at radius 2 is 1.32 bits per heavy atom. The van der Waals surface area contributed by atoms with Crippen LogP contribution in [0, 0.1) is 0 Å². The highest BCUT2D eigenvalue weighted by Gasteiger charge is 1.98. The molecule has 1 heterocycles. The molecule has 0 atom stereocenters. The van der Waals surface area contributed by atoms with E-state index in [9.17, 15) is 4.79 Å². The lowest BCUT2D eigenvalue weighted by Crippen LogP contribution is -1.79. The van der Waals surface area contributed by atoms with E-state index in [1.165, 1.54) is 0 Å². The molecule has 0 spiro atoms. The second kappa shape index (κ2) is 14.2. The summed E-state index contributed by atoms with van der Waals surface area (Å²) in [7, 11) is 0. The van der Waals surface area contributed by atoms with Gasteiger partial charge in [0.1, 0.15) is 0 Å². The molecule has 0 amide bonds. The lowest BCUT2D eigenvalue weighted by atomic mass is 10.2. The van der Waals surface area contributed by atoms with Crippen LogP contribution in [0.1, 0.15) is 52.0 Å². The van der Waals surface area contributed by atoms with E-state index in [4.69, 9.17) is 0 Å². The number of aromatic nitrogens is 1. The van der Waals surface area contributed by atoms with Gasteiger partial charge in [0.25, 0.3) is 0 Å². The van der Waals surface area contributed by atoms with Crippen LogP contribution in [0.5, 0.6) is 0 Å². The summed E-state index contributed by atoms with van der Waals surface area (Å²) in [5, 5.41) is 0. The fourth-order valence-electron chi connectivity index (χ4n) is 1.27. The molecule has 1 N–H and O–H groups in total. The minimum Gasteiger partial charge on any atom is -0.352 e. The van der Waals surface area contributed by atoms with Gasteiger partial charge in [0.2, 0.25) is 0 Å². The molecule has 19 heavy (non-hydrogen) atoms. The van der Waals surface area contributed by atoms with Crippen molar-refractivity contribution in [1.82, 2.24) is 4.98 Å². The van der Waals surface area contributed by atoms with Crippen molar-refractivity contribution in [3.8, 4) is 11.3 Å². The molecule has 2 nitrogen and oxygen atoms in total. The highest BCUT2D eigenvalue weighted by molar-refractivity contribution is 5.75. The van der Waals surface area contributed by atoms with E-state index in [0.29, 0.717) is 5.69 Å². The number of hydrogen-bond donors (Lipinski definition) is 1. The number of H-pyrrole nitrogens is 1. The minimum atomic E-state index is 0.610. The lowest BCUT2D eigenvalue weighted by Gasteiger charge is -1.95. The smallest absolute Gasteiger partial charge is 0.166 e. The predicted molar refractivity (Wildman–Crippen MR) is 85.7 cm³/mol.